The van der Waals surface area contributed by atoms with Crippen molar-refractivity contribution in [2.24, 2.45) is 5.92 Å². The molecule has 0 nitrogen and oxygen atoms in total. The Balaban J connectivity index is 0.00000108. The second-order valence-corrected chi connectivity index (χ2v) is 6.55. The highest BCUT2D eigenvalue weighted by Crippen LogP contribution is 2.37. The van der Waals surface area contributed by atoms with Gasteiger partial charge in [0.05, 0.1) is 0 Å². The number of benzene rings is 1. The van der Waals surface area contributed by atoms with E-state index < -0.39 is 0 Å². The lowest BCUT2D eigenvalue weighted by molar-refractivity contribution is 0.640. The average Bonchev–Trinajstić information content (AvgIpc) is 2.74. The van der Waals surface area contributed by atoms with Crippen LogP contribution in [-0.4, -0.2) is 0 Å². The molecule has 28 heavy (non-hydrogen) atoms. The van der Waals surface area contributed by atoms with E-state index in [1.807, 2.05) is 19.9 Å². The van der Waals surface area contributed by atoms with Crippen molar-refractivity contribution < 1.29 is 0 Å². The Morgan fingerprint density at radius 2 is 1.79 bits per heavy atom. The van der Waals surface area contributed by atoms with Crippen LogP contribution in [0.25, 0.3) is 11.6 Å². The average molecular weight is 377 g/mol. The Morgan fingerprint density at radius 1 is 1.14 bits per heavy atom. The molecule has 2 rings (SSSR count). The van der Waals surface area contributed by atoms with E-state index in [-0.39, 0.29) is 0 Å². The first-order chi connectivity index (χ1) is 13.6. The van der Waals surface area contributed by atoms with Gasteiger partial charge in [0.1, 0.15) is 0 Å². The van der Waals surface area contributed by atoms with Gasteiger partial charge in [-0.15, -0.1) is 6.58 Å². The van der Waals surface area contributed by atoms with Crippen molar-refractivity contribution >= 4 is 11.6 Å². The molecule has 0 N–H and O–H groups in total. The topological polar surface area (TPSA) is 0 Å². The standard InChI is InChI=1S/C22H26.C4H8.C2H6/c1-5-7-11-20-15-14-17(3)16-22(20)18(4)21-13-9-8-12-19(21)10-6-2;1-3-4-2;1-2/h5-10,12-14,16,20H,4,11,15H2,1-3H3;3H,1,4H2,2H3;1-2H3/b7-5?,10-6-;;. The first kappa shape index (κ1) is 25.7. The third kappa shape index (κ3) is 8.57. The third-order valence-corrected chi connectivity index (χ3v) is 4.47. The van der Waals surface area contributed by atoms with Gasteiger partial charge in [-0.1, -0.05) is 99.7 Å². The van der Waals surface area contributed by atoms with E-state index in [4.69, 9.17) is 0 Å². The van der Waals surface area contributed by atoms with Crippen molar-refractivity contribution in [3.63, 3.8) is 0 Å². The minimum atomic E-state index is 0.533. The molecular weight excluding hydrogens is 336 g/mol. The van der Waals surface area contributed by atoms with E-state index in [9.17, 15) is 0 Å². The summed E-state index contributed by atoms with van der Waals surface area (Å²) in [7, 11) is 0. The molecule has 0 radical (unpaired) electrons. The molecule has 0 spiro atoms. The van der Waals surface area contributed by atoms with Crippen LogP contribution in [0.4, 0.5) is 0 Å². The SMILES string of the molecule is C=C(C1=CC(C)=CCC1CC=CC)c1ccccc1/C=C\C.C=CCC.CC. The summed E-state index contributed by atoms with van der Waals surface area (Å²) < 4.78 is 0. The molecule has 0 heterocycles. The van der Waals surface area contributed by atoms with Crippen LogP contribution in [0.5, 0.6) is 0 Å². The molecule has 1 aromatic carbocycles. The minimum absolute atomic E-state index is 0.533. The molecule has 0 saturated heterocycles. The van der Waals surface area contributed by atoms with Gasteiger partial charge in [0, 0.05) is 0 Å². The summed E-state index contributed by atoms with van der Waals surface area (Å²) in [6.45, 7) is 20.3. The van der Waals surface area contributed by atoms with E-state index in [0.717, 1.165) is 24.8 Å². The summed E-state index contributed by atoms with van der Waals surface area (Å²) in [6, 6.07) is 8.52. The van der Waals surface area contributed by atoms with Crippen LogP contribution < -0.4 is 0 Å². The quantitative estimate of drug-likeness (QED) is 0.434. The highest BCUT2D eigenvalue weighted by Gasteiger charge is 2.20. The van der Waals surface area contributed by atoms with Crippen LogP contribution in [0, 0.1) is 5.92 Å². The van der Waals surface area contributed by atoms with Gasteiger partial charge in [0.15, 0.2) is 0 Å². The number of allylic oxidation sites excluding steroid dienone is 9. The molecule has 152 valence electrons. The van der Waals surface area contributed by atoms with Crippen molar-refractivity contribution in [1.29, 1.82) is 0 Å². The lowest BCUT2D eigenvalue weighted by Crippen LogP contribution is -2.09. The fraction of sp³-hybridized carbons (Fsp3) is 0.357. The molecule has 0 heteroatoms. The fourth-order valence-corrected chi connectivity index (χ4v) is 2.99. The Hall–Kier alpha value is -2.34. The van der Waals surface area contributed by atoms with Crippen LogP contribution in [0.2, 0.25) is 0 Å². The molecule has 1 unspecified atom stereocenters. The van der Waals surface area contributed by atoms with Crippen molar-refractivity contribution in [1.82, 2.24) is 0 Å². The minimum Gasteiger partial charge on any atom is -0.103 e. The van der Waals surface area contributed by atoms with E-state index in [2.05, 4.69) is 102 Å². The lowest BCUT2D eigenvalue weighted by Gasteiger charge is -2.25. The number of hydrogen-bond donors (Lipinski definition) is 0. The van der Waals surface area contributed by atoms with Gasteiger partial charge in [-0.05, 0) is 68.2 Å². The van der Waals surface area contributed by atoms with Gasteiger partial charge in [0.25, 0.3) is 0 Å². The maximum absolute atomic E-state index is 4.43. The maximum atomic E-state index is 4.43. The molecule has 0 fully saturated rings. The van der Waals surface area contributed by atoms with E-state index in [1.165, 1.54) is 22.3 Å². The van der Waals surface area contributed by atoms with Gasteiger partial charge >= 0.3 is 0 Å². The summed E-state index contributed by atoms with van der Waals surface area (Å²) in [5.41, 5.74) is 6.38. The Kier molecular flexibility index (Phi) is 14.4. The fourth-order valence-electron chi connectivity index (χ4n) is 2.99. The first-order valence-corrected chi connectivity index (χ1v) is 10.6. The molecule has 0 bridgehead atoms. The Labute approximate surface area is 174 Å². The molecular formula is C28H40. The lowest BCUT2D eigenvalue weighted by atomic mass is 9.80. The Bertz CT molecular complexity index is 705. The molecule has 0 aromatic heterocycles. The number of rotatable bonds is 6. The zero-order valence-electron chi connectivity index (χ0n) is 19.0. The van der Waals surface area contributed by atoms with Crippen molar-refractivity contribution in [2.75, 3.05) is 0 Å². The Morgan fingerprint density at radius 3 is 2.36 bits per heavy atom. The van der Waals surface area contributed by atoms with Crippen molar-refractivity contribution in [3.8, 4) is 0 Å². The summed E-state index contributed by atoms with van der Waals surface area (Å²) >= 11 is 0. The van der Waals surface area contributed by atoms with Crippen molar-refractivity contribution in [3.05, 3.63) is 96.2 Å². The normalized spacial score (nSPS) is 15.7. The molecule has 0 amide bonds. The highest BCUT2D eigenvalue weighted by molar-refractivity contribution is 5.83. The molecule has 1 atom stereocenters. The summed E-state index contributed by atoms with van der Waals surface area (Å²) in [4.78, 5) is 0. The van der Waals surface area contributed by atoms with Gasteiger partial charge in [-0.3, -0.25) is 0 Å². The summed E-state index contributed by atoms with van der Waals surface area (Å²) in [5.74, 6) is 0.533. The largest absolute Gasteiger partial charge is 0.103 e. The predicted octanol–water partition coefficient (Wildman–Crippen LogP) is 9.20. The van der Waals surface area contributed by atoms with Gasteiger partial charge < -0.3 is 0 Å². The molecule has 1 aromatic rings. The van der Waals surface area contributed by atoms with Crippen LogP contribution in [0.3, 0.4) is 0 Å². The monoisotopic (exact) mass is 376 g/mol. The van der Waals surface area contributed by atoms with Crippen LogP contribution in [-0.2, 0) is 0 Å². The van der Waals surface area contributed by atoms with Gasteiger partial charge in [-0.25, -0.2) is 0 Å². The number of hydrogen-bond acceptors (Lipinski definition) is 0. The first-order valence-electron chi connectivity index (χ1n) is 10.6. The molecule has 1 aliphatic rings. The van der Waals surface area contributed by atoms with Crippen LogP contribution in [0.1, 0.15) is 71.9 Å². The third-order valence-electron chi connectivity index (χ3n) is 4.47. The highest BCUT2D eigenvalue weighted by atomic mass is 14.2. The molecule has 0 saturated carbocycles. The predicted molar refractivity (Wildman–Crippen MR) is 131 cm³/mol. The van der Waals surface area contributed by atoms with E-state index >= 15 is 0 Å². The second-order valence-electron chi connectivity index (χ2n) is 6.55. The molecule has 1 aliphatic carbocycles. The zero-order chi connectivity index (χ0) is 21.4. The van der Waals surface area contributed by atoms with Gasteiger partial charge in [-0.2, -0.15) is 0 Å². The smallest absolute Gasteiger partial charge is 0.00866 e. The van der Waals surface area contributed by atoms with Crippen molar-refractivity contribution in [2.45, 2.75) is 60.8 Å². The van der Waals surface area contributed by atoms with E-state index in [1.54, 1.807) is 0 Å². The zero-order valence-corrected chi connectivity index (χ0v) is 19.0. The second kappa shape index (κ2) is 15.7. The summed E-state index contributed by atoms with van der Waals surface area (Å²) in [6.07, 6.45) is 18.4. The van der Waals surface area contributed by atoms with Gasteiger partial charge in [0.2, 0.25) is 0 Å². The van der Waals surface area contributed by atoms with Crippen LogP contribution in [0.15, 0.2) is 85.0 Å². The van der Waals surface area contributed by atoms with Crippen LogP contribution >= 0.6 is 0 Å². The summed E-state index contributed by atoms with van der Waals surface area (Å²) in [5, 5.41) is 0. The van der Waals surface area contributed by atoms with E-state index in [0.29, 0.717) is 5.92 Å². The maximum Gasteiger partial charge on any atom is -0.00866 e. The molecule has 0 aliphatic heterocycles.